The number of rotatable bonds is 2. The number of hydrogen-bond donors (Lipinski definition) is 1. The third-order valence-corrected chi connectivity index (χ3v) is 3.89. The first-order valence-electron chi connectivity index (χ1n) is 5.64. The topological polar surface area (TPSA) is 38.7 Å². The van der Waals surface area contributed by atoms with E-state index in [9.17, 15) is 5.11 Å². The Morgan fingerprint density at radius 3 is 2.14 bits per heavy atom. The molecular formula is C11H20O3. The molecule has 14 heavy (non-hydrogen) atoms. The van der Waals surface area contributed by atoms with Crippen molar-refractivity contribution >= 4 is 0 Å². The summed E-state index contributed by atoms with van der Waals surface area (Å²) in [6.45, 7) is 3.69. The van der Waals surface area contributed by atoms with Crippen molar-refractivity contribution in [3.8, 4) is 0 Å². The van der Waals surface area contributed by atoms with Gasteiger partial charge < -0.3 is 14.6 Å². The number of aliphatic hydroxyl groups excluding tert-OH is 1. The number of hydrogen-bond acceptors (Lipinski definition) is 3. The zero-order chi connectivity index (χ0) is 9.86. The van der Waals surface area contributed by atoms with E-state index in [1.54, 1.807) is 0 Å². The Morgan fingerprint density at radius 1 is 1.00 bits per heavy atom. The van der Waals surface area contributed by atoms with Crippen LogP contribution in [-0.4, -0.2) is 38.1 Å². The van der Waals surface area contributed by atoms with Crippen LogP contribution in [0.2, 0.25) is 0 Å². The van der Waals surface area contributed by atoms with Crippen molar-refractivity contribution in [2.45, 2.75) is 25.7 Å². The fourth-order valence-corrected chi connectivity index (χ4v) is 2.78. The van der Waals surface area contributed by atoms with Crippen LogP contribution < -0.4 is 0 Å². The monoisotopic (exact) mass is 200 g/mol. The van der Waals surface area contributed by atoms with Gasteiger partial charge in [0, 0.05) is 38.4 Å². The maximum atomic E-state index is 9.60. The van der Waals surface area contributed by atoms with Gasteiger partial charge in [0.2, 0.25) is 0 Å². The summed E-state index contributed by atoms with van der Waals surface area (Å²) in [5.41, 5.74) is 0.141. The van der Waals surface area contributed by atoms with Crippen LogP contribution in [0.15, 0.2) is 0 Å². The Morgan fingerprint density at radius 2 is 1.57 bits per heavy atom. The van der Waals surface area contributed by atoms with Crippen LogP contribution in [0.25, 0.3) is 0 Å². The zero-order valence-corrected chi connectivity index (χ0v) is 8.71. The molecule has 82 valence electrons. The minimum Gasteiger partial charge on any atom is -0.396 e. The molecule has 2 saturated heterocycles. The average Bonchev–Trinajstić information content (AvgIpc) is 2.31. The fourth-order valence-electron chi connectivity index (χ4n) is 2.78. The van der Waals surface area contributed by atoms with E-state index < -0.39 is 0 Å². The van der Waals surface area contributed by atoms with E-state index >= 15 is 0 Å². The van der Waals surface area contributed by atoms with Gasteiger partial charge in [0.15, 0.2) is 0 Å². The van der Waals surface area contributed by atoms with Crippen LogP contribution >= 0.6 is 0 Å². The second kappa shape index (κ2) is 4.60. The molecule has 0 amide bonds. The highest BCUT2D eigenvalue weighted by molar-refractivity contribution is 4.89. The van der Waals surface area contributed by atoms with E-state index in [0.29, 0.717) is 12.5 Å². The van der Waals surface area contributed by atoms with Crippen LogP contribution in [0.5, 0.6) is 0 Å². The molecule has 0 aromatic carbocycles. The highest BCUT2D eigenvalue weighted by Gasteiger charge is 2.40. The summed E-state index contributed by atoms with van der Waals surface area (Å²) in [4.78, 5) is 0. The van der Waals surface area contributed by atoms with Crippen LogP contribution in [0.3, 0.4) is 0 Å². The molecular weight excluding hydrogens is 180 g/mol. The molecule has 0 aromatic heterocycles. The minimum atomic E-state index is 0.141. The molecule has 1 N–H and O–H groups in total. The predicted molar refractivity (Wildman–Crippen MR) is 53.1 cm³/mol. The van der Waals surface area contributed by atoms with Crippen molar-refractivity contribution in [3.05, 3.63) is 0 Å². The van der Waals surface area contributed by atoms with Gasteiger partial charge in [-0.1, -0.05) is 0 Å². The molecule has 2 heterocycles. The minimum absolute atomic E-state index is 0.141. The van der Waals surface area contributed by atoms with Gasteiger partial charge in [-0.2, -0.15) is 0 Å². The summed E-state index contributed by atoms with van der Waals surface area (Å²) < 4.78 is 10.7. The molecule has 3 nitrogen and oxygen atoms in total. The molecule has 0 aromatic rings. The molecule has 0 aliphatic carbocycles. The smallest absolute Gasteiger partial charge is 0.0491 e. The van der Waals surface area contributed by atoms with Gasteiger partial charge in [-0.15, -0.1) is 0 Å². The summed E-state index contributed by atoms with van der Waals surface area (Å²) >= 11 is 0. The van der Waals surface area contributed by atoms with Crippen molar-refractivity contribution in [1.29, 1.82) is 0 Å². The average molecular weight is 200 g/mol. The first-order chi connectivity index (χ1) is 6.87. The second-order valence-electron chi connectivity index (χ2n) is 4.52. The number of aliphatic hydroxyl groups is 1. The van der Waals surface area contributed by atoms with Crippen molar-refractivity contribution in [1.82, 2.24) is 0 Å². The maximum absolute atomic E-state index is 9.60. The Hall–Kier alpha value is -0.120. The predicted octanol–water partition coefficient (Wildman–Crippen LogP) is 1.20. The lowest BCUT2D eigenvalue weighted by molar-refractivity contribution is -0.0797. The molecule has 0 atom stereocenters. The molecule has 0 unspecified atom stereocenters. The lowest BCUT2D eigenvalue weighted by Crippen LogP contribution is -2.42. The SMILES string of the molecule is OCC1(C2CCOCC2)CCOCC1. The molecule has 2 aliphatic heterocycles. The second-order valence-corrected chi connectivity index (χ2v) is 4.52. The summed E-state index contributed by atoms with van der Waals surface area (Å²) in [5.74, 6) is 0.644. The first kappa shape index (κ1) is 10.4. The highest BCUT2D eigenvalue weighted by Crippen LogP contribution is 2.42. The summed E-state index contributed by atoms with van der Waals surface area (Å²) in [7, 11) is 0. The molecule has 0 radical (unpaired) electrons. The first-order valence-corrected chi connectivity index (χ1v) is 5.64. The number of ether oxygens (including phenoxy) is 2. The molecule has 2 aliphatic rings. The van der Waals surface area contributed by atoms with Crippen molar-refractivity contribution in [2.24, 2.45) is 11.3 Å². The summed E-state index contributed by atoms with van der Waals surface area (Å²) in [6, 6.07) is 0. The normalized spacial score (nSPS) is 28.9. The largest absolute Gasteiger partial charge is 0.396 e. The Balaban J connectivity index is 2.01. The van der Waals surface area contributed by atoms with E-state index in [1.165, 1.54) is 0 Å². The molecule has 3 heteroatoms. The van der Waals surface area contributed by atoms with E-state index in [2.05, 4.69) is 0 Å². The van der Waals surface area contributed by atoms with Crippen LogP contribution in [0.1, 0.15) is 25.7 Å². The van der Waals surface area contributed by atoms with Gasteiger partial charge in [-0.05, 0) is 31.6 Å². The third-order valence-electron chi connectivity index (χ3n) is 3.89. The summed E-state index contributed by atoms with van der Waals surface area (Å²) in [6.07, 6.45) is 4.27. The van der Waals surface area contributed by atoms with Gasteiger partial charge in [0.25, 0.3) is 0 Å². The molecule has 2 rings (SSSR count). The van der Waals surface area contributed by atoms with Crippen LogP contribution in [0, 0.1) is 11.3 Å². The van der Waals surface area contributed by atoms with Gasteiger partial charge >= 0.3 is 0 Å². The van der Waals surface area contributed by atoms with Gasteiger partial charge in [-0.25, -0.2) is 0 Å². The van der Waals surface area contributed by atoms with E-state index in [-0.39, 0.29) is 5.41 Å². The molecule has 0 bridgehead atoms. The Kier molecular flexibility index (Phi) is 3.42. The standard InChI is InChI=1S/C11H20O3/c12-9-11(3-7-14-8-4-11)10-1-5-13-6-2-10/h10,12H,1-9H2. The van der Waals surface area contributed by atoms with Crippen molar-refractivity contribution in [2.75, 3.05) is 33.0 Å². The van der Waals surface area contributed by atoms with Crippen molar-refractivity contribution in [3.63, 3.8) is 0 Å². The van der Waals surface area contributed by atoms with Crippen molar-refractivity contribution < 1.29 is 14.6 Å². The van der Waals surface area contributed by atoms with Gasteiger partial charge in [-0.3, -0.25) is 0 Å². The van der Waals surface area contributed by atoms with Crippen LogP contribution in [-0.2, 0) is 9.47 Å². The third kappa shape index (κ3) is 1.95. The Labute approximate surface area is 85.4 Å². The van der Waals surface area contributed by atoms with E-state index in [0.717, 1.165) is 52.1 Å². The quantitative estimate of drug-likeness (QED) is 0.728. The zero-order valence-electron chi connectivity index (χ0n) is 8.71. The lowest BCUT2D eigenvalue weighted by Gasteiger charge is -2.43. The summed E-state index contributed by atoms with van der Waals surface area (Å²) in [5, 5.41) is 9.60. The van der Waals surface area contributed by atoms with E-state index in [4.69, 9.17) is 9.47 Å². The molecule has 0 saturated carbocycles. The Bertz CT molecular complexity index is 169. The van der Waals surface area contributed by atoms with E-state index in [1.807, 2.05) is 0 Å². The highest BCUT2D eigenvalue weighted by atomic mass is 16.5. The van der Waals surface area contributed by atoms with Gasteiger partial charge in [0.05, 0.1) is 0 Å². The molecule has 0 spiro atoms. The fraction of sp³-hybridized carbons (Fsp3) is 1.00. The lowest BCUT2D eigenvalue weighted by atomic mass is 9.67. The maximum Gasteiger partial charge on any atom is 0.0491 e. The molecule has 2 fully saturated rings. The van der Waals surface area contributed by atoms with Crippen LogP contribution in [0.4, 0.5) is 0 Å². The van der Waals surface area contributed by atoms with Gasteiger partial charge in [0.1, 0.15) is 0 Å².